The third kappa shape index (κ3) is 3.37. The fraction of sp³-hybridized carbons (Fsp3) is 0.154. The molecule has 0 saturated carbocycles. The van der Waals surface area contributed by atoms with Crippen LogP contribution in [0.25, 0.3) is 0 Å². The van der Waals surface area contributed by atoms with E-state index in [2.05, 4.69) is 9.97 Å². The summed E-state index contributed by atoms with van der Waals surface area (Å²) in [5.74, 6) is -0.297. The van der Waals surface area contributed by atoms with Crippen LogP contribution >= 0.6 is 0 Å². The molecule has 0 atom stereocenters. The molecule has 98 valence electrons. The Balaban J connectivity index is 2.12. The van der Waals surface area contributed by atoms with E-state index in [1.807, 2.05) is 0 Å². The summed E-state index contributed by atoms with van der Waals surface area (Å²) in [6.07, 6.45) is -0.00482. The Labute approximate surface area is 107 Å². The quantitative estimate of drug-likeness (QED) is 0.802. The smallest absolute Gasteiger partial charge is 0.294 e. The van der Waals surface area contributed by atoms with E-state index in [0.29, 0.717) is 5.69 Å². The maximum atomic E-state index is 12.4. The van der Waals surface area contributed by atoms with Gasteiger partial charge in [0.25, 0.3) is 0 Å². The predicted molar refractivity (Wildman–Crippen MR) is 61.5 cm³/mol. The summed E-state index contributed by atoms with van der Waals surface area (Å²) < 4.78 is 37.1. The fourth-order valence-electron chi connectivity index (χ4n) is 1.53. The Hall–Kier alpha value is -2.24. The molecule has 0 amide bonds. The third-order valence-corrected chi connectivity index (χ3v) is 2.49. The summed E-state index contributed by atoms with van der Waals surface area (Å²) in [7, 11) is 0. The number of rotatable bonds is 3. The molecule has 2 rings (SSSR count). The van der Waals surface area contributed by atoms with Gasteiger partial charge in [-0.1, -0.05) is 12.1 Å². The number of aromatic nitrogens is 2. The molecule has 1 aromatic heterocycles. The monoisotopic (exact) mass is 266 g/mol. The fourth-order valence-corrected chi connectivity index (χ4v) is 1.53. The van der Waals surface area contributed by atoms with Crippen LogP contribution in [0.3, 0.4) is 0 Å². The van der Waals surface area contributed by atoms with Gasteiger partial charge in [0, 0.05) is 24.2 Å². The highest BCUT2D eigenvalue weighted by atomic mass is 19.4. The topological polar surface area (TPSA) is 42.9 Å². The average molecular weight is 266 g/mol. The molecule has 0 N–H and O–H groups in total. The molecule has 0 aliphatic rings. The predicted octanol–water partition coefficient (Wildman–Crippen LogP) is 2.92. The summed E-state index contributed by atoms with van der Waals surface area (Å²) in [6.45, 7) is 0. The van der Waals surface area contributed by atoms with E-state index in [1.54, 1.807) is 0 Å². The van der Waals surface area contributed by atoms with Crippen LogP contribution in [0.15, 0.2) is 42.9 Å². The molecule has 0 aliphatic carbocycles. The highest BCUT2D eigenvalue weighted by Crippen LogP contribution is 2.29. The summed E-state index contributed by atoms with van der Waals surface area (Å²) in [5.41, 5.74) is -0.0744. The molecule has 0 radical (unpaired) electrons. The van der Waals surface area contributed by atoms with Gasteiger partial charge >= 0.3 is 6.18 Å². The first kappa shape index (κ1) is 13.2. The lowest BCUT2D eigenvalue weighted by molar-refractivity contribution is -0.137. The van der Waals surface area contributed by atoms with Crippen LogP contribution in [0.2, 0.25) is 0 Å². The first-order valence-corrected chi connectivity index (χ1v) is 5.42. The van der Waals surface area contributed by atoms with Crippen LogP contribution in [0.5, 0.6) is 0 Å². The normalized spacial score (nSPS) is 11.3. The van der Waals surface area contributed by atoms with Gasteiger partial charge in [-0.15, -0.1) is 0 Å². The van der Waals surface area contributed by atoms with Crippen LogP contribution in [-0.4, -0.2) is 15.8 Å². The molecular weight excluding hydrogens is 257 g/mol. The van der Waals surface area contributed by atoms with Gasteiger partial charge in [0.05, 0.1) is 17.7 Å². The van der Waals surface area contributed by atoms with Crippen molar-refractivity contribution >= 4 is 5.78 Å². The second-order valence-corrected chi connectivity index (χ2v) is 3.87. The first-order valence-electron chi connectivity index (χ1n) is 5.42. The Morgan fingerprint density at radius 1 is 1.11 bits per heavy atom. The molecule has 0 aliphatic heterocycles. The number of alkyl halides is 3. The van der Waals surface area contributed by atoms with Crippen molar-refractivity contribution in [3.63, 3.8) is 0 Å². The maximum Gasteiger partial charge on any atom is 0.416 e. The minimum atomic E-state index is -4.40. The number of benzene rings is 1. The van der Waals surface area contributed by atoms with Crippen molar-refractivity contribution in [2.24, 2.45) is 0 Å². The SMILES string of the molecule is O=C(Cc1cnccn1)c1ccc(C(F)(F)F)cc1. The highest BCUT2D eigenvalue weighted by Gasteiger charge is 2.30. The van der Waals surface area contributed by atoms with E-state index >= 15 is 0 Å². The average Bonchev–Trinajstić information content (AvgIpc) is 2.39. The molecule has 6 heteroatoms. The Morgan fingerprint density at radius 3 is 2.32 bits per heavy atom. The van der Waals surface area contributed by atoms with Crippen molar-refractivity contribution in [1.82, 2.24) is 9.97 Å². The molecule has 1 heterocycles. The van der Waals surface area contributed by atoms with Gasteiger partial charge in [0.2, 0.25) is 0 Å². The van der Waals surface area contributed by atoms with Crippen LogP contribution in [0.1, 0.15) is 21.6 Å². The molecule has 1 aromatic carbocycles. The molecule has 3 nitrogen and oxygen atoms in total. The van der Waals surface area contributed by atoms with Gasteiger partial charge in [0.15, 0.2) is 5.78 Å². The number of Topliss-reactive ketones (excluding diaryl/α,β-unsaturated/α-hetero) is 1. The van der Waals surface area contributed by atoms with Crippen LogP contribution in [-0.2, 0) is 12.6 Å². The van der Waals surface area contributed by atoms with Crippen molar-refractivity contribution in [1.29, 1.82) is 0 Å². The van der Waals surface area contributed by atoms with Gasteiger partial charge in [-0.05, 0) is 12.1 Å². The zero-order valence-corrected chi connectivity index (χ0v) is 9.69. The zero-order valence-electron chi connectivity index (χ0n) is 9.69. The number of nitrogens with zero attached hydrogens (tertiary/aromatic N) is 2. The van der Waals surface area contributed by atoms with E-state index in [0.717, 1.165) is 12.1 Å². The molecular formula is C13H9F3N2O. The van der Waals surface area contributed by atoms with Crippen molar-refractivity contribution in [2.75, 3.05) is 0 Å². The Kier molecular flexibility index (Phi) is 3.59. The van der Waals surface area contributed by atoms with Gasteiger partial charge in [0.1, 0.15) is 0 Å². The lowest BCUT2D eigenvalue weighted by Crippen LogP contribution is -2.08. The van der Waals surface area contributed by atoms with Gasteiger partial charge in [-0.25, -0.2) is 0 Å². The van der Waals surface area contributed by atoms with Gasteiger partial charge < -0.3 is 0 Å². The van der Waals surface area contributed by atoms with Gasteiger partial charge in [-0.2, -0.15) is 13.2 Å². The second-order valence-electron chi connectivity index (χ2n) is 3.87. The van der Waals surface area contributed by atoms with E-state index in [4.69, 9.17) is 0 Å². The maximum absolute atomic E-state index is 12.4. The summed E-state index contributed by atoms with van der Waals surface area (Å²) >= 11 is 0. The molecule has 0 spiro atoms. The number of ketones is 1. The largest absolute Gasteiger partial charge is 0.416 e. The molecule has 19 heavy (non-hydrogen) atoms. The molecule has 0 bridgehead atoms. The van der Waals surface area contributed by atoms with Gasteiger partial charge in [-0.3, -0.25) is 14.8 Å². The lowest BCUT2D eigenvalue weighted by atomic mass is 10.0. The summed E-state index contributed by atoms with van der Waals surface area (Å²) in [6, 6.07) is 4.12. The van der Waals surface area contributed by atoms with Crippen molar-refractivity contribution in [2.45, 2.75) is 12.6 Å². The lowest BCUT2D eigenvalue weighted by Gasteiger charge is -2.07. The van der Waals surface area contributed by atoms with Crippen LogP contribution in [0.4, 0.5) is 13.2 Å². The molecule has 0 fully saturated rings. The minimum absolute atomic E-state index is 0.0131. The second kappa shape index (κ2) is 5.17. The number of carbonyl (C=O) groups excluding carboxylic acids is 1. The highest BCUT2D eigenvalue weighted by molar-refractivity contribution is 5.97. The molecule has 2 aromatic rings. The van der Waals surface area contributed by atoms with E-state index in [-0.39, 0.29) is 17.8 Å². The van der Waals surface area contributed by atoms with Crippen LogP contribution < -0.4 is 0 Å². The first-order chi connectivity index (χ1) is 8.97. The van der Waals surface area contributed by atoms with Crippen molar-refractivity contribution < 1.29 is 18.0 Å². The molecule has 0 saturated heterocycles. The Bertz CT molecular complexity index is 565. The van der Waals surface area contributed by atoms with E-state index in [1.165, 1.54) is 30.7 Å². The molecule has 0 unspecified atom stereocenters. The standard InChI is InChI=1S/C13H9F3N2O/c14-13(15,16)10-3-1-9(2-4-10)12(19)7-11-8-17-5-6-18-11/h1-6,8H,7H2. The zero-order chi connectivity index (χ0) is 13.9. The Morgan fingerprint density at radius 2 is 1.79 bits per heavy atom. The van der Waals surface area contributed by atoms with Crippen LogP contribution in [0, 0.1) is 0 Å². The van der Waals surface area contributed by atoms with E-state index < -0.39 is 11.7 Å². The van der Waals surface area contributed by atoms with E-state index in [9.17, 15) is 18.0 Å². The third-order valence-electron chi connectivity index (χ3n) is 2.49. The van der Waals surface area contributed by atoms with Crippen molar-refractivity contribution in [3.05, 3.63) is 59.7 Å². The number of carbonyl (C=O) groups is 1. The minimum Gasteiger partial charge on any atom is -0.294 e. The summed E-state index contributed by atoms with van der Waals surface area (Å²) in [5, 5.41) is 0. The van der Waals surface area contributed by atoms with Crippen molar-refractivity contribution in [3.8, 4) is 0 Å². The number of halogens is 3. The number of hydrogen-bond acceptors (Lipinski definition) is 3. The number of hydrogen-bond donors (Lipinski definition) is 0. The summed E-state index contributed by atoms with van der Waals surface area (Å²) in [4.78, 5) is 19.6.